The number of rotatable bonds is 4. The minimum Gasteiger partial charge on any atom is -0.451 e. The lowest BCUT2D eigenvalue weighted by atomic mass is 9.90. The zero-order valence-corrected chi connectivity index (χ0v) is 16.1. The average molecular weight is 386 g/mol. The first-order valence-corrected chi connectivity index (χ1v) is 11.1. The number of hydrogen-bond acceptors (Lipinski definition) is 6. The molecule has 0 saturated carbocycles. The van der Waals surface area contributed by atoms with Gasteiger partial charge in [0.15, 0.2) is 16.4 Å². The molecular formula is C17H23NO5S2. The van der Waals surface area contributed by atoms with Gasteiger partial charge in [0.1, 0.15) is 4.88 Å². The number of sulfone groups is 1. The third-order valence-corrected chi connectivity index (χ3v) is 7.97. The molecule has 1 aromatic heterocycles. The summed E-state index contributed by atoms with van der Waals surface area (Å²) in [6, 6.07) is 1.56. The highest BCUT2D eigenvalue weighted by atomic mass is 32.2. The lowest BCUT2D eigenvalue weighted by Gasteiger charge is -2.23. The Morgan fingerprint density at radius 2 is 2.12 bits per heavy atom. The van der Waals surface area contributed by atoms with Gasteiger partial charge in [-0.25, -0.2) is 13.2 Å². The molecule has 0 N–H and O–H groups in total. The van der Waals surface area contributed by atoms with Crippen LogP contribution in [0.4, 0.5) is 0 Å². The van der Waals surface area contributed by atoms with Crippen molar-refractivity contribution in [1.82, 2.24) is 4.90 Å². The van der Waals surface area contributed by atoms with Gasteiger partial charge in [0, 0.05) is 18.0 Å². The molecule has 6 nitrogen and oxygen atoms in total. The summed E-state index contributed by atoms with van der Waals surface area (Å²) >= 11 is 1.45. The van der Waals surface area contributed by atoms with Gasteiger partial charge in [-0.15, -0.1) is 11.3 Å². The molecule has 1 aliphatic carbocycles. The second-order valence-corrected chi connectivity index (χ2v) is 10.4. The van der Waals surface area contributed by atoms with Crippen molar-refractivity contribution in [1.29, 1.82) is 0 Å². The van der Waals surface area contributed by atoms with Gasteiger partial charge in [-0.05, 0) is 43.2 Å². The number of thiophene rings is 1. The first-order chi connectivity index (χ1) is 11.7. The van der Waals surface area contributed by atoms with Gasteiger partial charge in [0.05, 0.1) is 11.5 Å². The molecule has 2 heterocycles. The van der Waals surface area contributed by atoms with Crippen LogP contribution in [0.2, 0.25) is 0 Å². The summed E-state index contributed by atoms with van der Waals surface area (Å²) in [7, 11) is -1.49. The zero-order valence-electron chi connectivity index (χ0n) is 14.5. The second-order valence-electron chi connectivity index (χ2n) is 7.04. The number of esters is 1. The van der Waals surface area contributed by atoms with E-state index in [2.05, 4.69) is 6.92 Å². The van der Waals surface area contributed by atoms with Crippen LogP contribution in [0, 0.1) is 5.92 Å². The van der Waals surface area contributed by atoms with Crippen LogP contribution in [-0.2, 0) is 32.2 Å². The van der Waals surface area contributed by atoms with Gasteiger partial charge in [-0.1, -0.05) is 6.92 Å². The van der Waals surface area contributed by atoms with E-state index in [1.165, 1.54) is 26.7 Å². The quantitative estimate of drug-likeness (QED) is 0.737. The van der Waals surface area contributed by atoms with Crippen LogP contribution in [0.1, 0.15) is 39.9 Å². The number of fused-ring (bicyclic) bond motifs is 1. The highest BCUT2D eigenvalue weighted by molar-refractivity contribution is 7.91. The predicted molar refractivity (Wildman–Crippen MR) is 95.6 cm³/mol. The fourth-order valence-electron chi connectivity index (χ4n) is 3.39. The Balaban J connectivity index is 1.54. The van der Waals surface area contributed by atoms with Gasteiger partial charge >= 0.3 is 5.97 Å². The molecule has 1 aliphatic heterocycles. The van der Waals surface area contributed by atoms with Crippen LogP contribution >= 0.6 is 11.3 Å². The maximum absolute atomic E-state index is 12.2. The molecule has 138 valence electrons. The fourth-order valence-corrected chi connectivity index (χ4v) is 6.27. The summed E-state index contributed by atoms with van der Waals surface area (Å²) in [6.45, 7) is 1.85. The van der Waals surface area contributed by atoms with E-state index in [0.717, 1.165) is 19.3 Å². The van der Waals surface area contributed by atoms with Crippen molar-refractivity contribution in [3.05, 3.63) is 21.4 Å². The van der Waals surface area contributed by atoms with Gasteiger partial charge in [0.25, 0.3) is 5.91 Å². The number of carbonyl (C=O) groups excluding carboxylic acids is 2. The number of likely N-dealkylation sites (N-methyl/N-ethyl adjacent to an activating group) is 1. The molecule has 1 amide bonds. The molecule has 0 bridgehead atoms. The van der Waals surface area contributed by atoms with E-state index >= 15 is 0 Å². The summed E-state index contributed by atoms with van der Waals surface area (Å²) in [4.78, 5) is 27.6. The SMILES string of the molecule is C[C@H]1CCc2sc(C(=O)OCC(=O)N(C)[C@@H]3CCS(=O)(=O)C3)cc2C1. The molecule has 1 fully saturated rings. The van der Waals surface area contributed by atoms with E-state index in [4.69, 9.17) is 4.74 Å². The lowest BCUT2D eigenvalue weighted by Crippen LogP contribution is -2.40. The maximum atomic E-state index is 12.2. The average Bonchev–Trinajstić information content (AvgIpc) is 3.14. The first kappa shape index (κ1) is 18.4. The minimum absolute atomic E-state index is 0.0149. The van der Waals surface area contributed by atoms with Gasteiger partial charge in [-0.2, -0.15) is 0 Å². The van der Waals surface area contributed by atoms with E-state index in [9.17, 15) is 18.0 Å². The molecule has 1 aromatic rings. The standard InChI is InChI=1S/C17H23NO5S2/c1-11-3-4-14-12(7-11)8-15(24-14)17(20)23-9-16(19)18(2)13-5-6-25(21,22)10-13/h8,11,13H,3-7,9-10H2,1-2H3/t11-,13+/m0/s1. The van der Waals surface area contributed by atoms with Gasteiger partial charge in [-0.3, -0.25) is 4.79 Å². The van der Waals surface area contributed by atoms with Crippen molar-refractivity contribution >= 4 is 33.1 Å². The summed E-state index contributed by atoms with van der Waals surface area (Å²) in [5, 5.41) is 0. The van der Waals surface area contributed by atoms with E-state index in [1.807, 2.05) is 6.07 Å². The summed E-state index contributed by atoms with van der Waals surface area (Å²) < 4.78 is 28.2. The first-order valence-electron chi connectivity index (χ1n) is 8.50. The molecule has 2 atom stereocenters. The smallest absolute Gasteiger partial charge is 0.348 e. The molecule has 25 heavy (non-hydrogen) atoms. The molecule has 0 aromatic carbocycles. The normalized spacial score (nSPS) is 24.6. The molecule has 8 heteroatoms. The Labute approximate surface area is 152 Å². The third-order valence-electron chi connectivity index (χ3n) is 5.01. The Bertz CT molecular complexity index is 783. The summed E-state index contributed by atoms with van der Waals surface area (Å²) in [5.41, 5.74) is 1.22. The van der Waals surface area contributed by atoms with E-state index in [0.29, 0.717) is 17.2 Å². The molecule has 2 aliphatic rings. The monoisotopic (exact) mass is 385 g/mol. The van der Waals surface area contributed by atoms with Crippen LogP contribution < -0.4 is 0 Å². The third kappa shape index (κ3) is 4.23. The van der Waals surface area contributed by atoms with Crippen molar-refractivity contribution in [3.8, 4) is 0 Å². The topological polar surface area (TPSA) is 80.8 Å². The Morgan fingerprint density at radius 1 is 1.36 bits per heavy atom. The lowest BCUT2D eigenvalue weighted by molar-refractivity contribution is -0.134. The van der Waals surface area contributed by atoms with Crippen molar-refractivity contribution in [2.75, 3.05) is 25.2 Å². The number of hydrogen-bond donors (Lipinski definition) is 0. The highest BCUT2D eigenvalue weighted by Gasteiger charge is 2.33. The molecule has 1 saturated heterocycles. The second kappa shape index (κ2) is 7.07. The predicted octanol–water partition coefficient (Wildman–Crippen LogP) is 1.68. The molecule has 3 rings (SSSR count). The minimum atomic E-state index is -3.05. The van der Waals surface area contributed by atoms with Crippen molar-refractivity contribution in [3.63, 3.8) is 0 Å². The Morgan fingerprint density at radius 3 is 2.80 bits per heavy atom. The van der Waals surface area contributed by atoms with E-state index < -0.39 is 15.8 Å². The zero-order chi connectivity index (χ0) is 18.2. The van der Waals surface area contributed by atoms with Crippen molar-refractivity contribution in [2.45, 2.75) is 38.6 Å². The van der Waals surface area contributed by atoms with Gasteiger partial charge < -0.3 is 9.64 Å². The van der Waals surface area contributed by atoms with Crippen LogP contribution in [0.25, 0.3) is 0 Å². The van der Waals surface area contributed by atoms with Gasteiger partial charge in [0.2, 0.25) is 0 Å². The Kier molecular flexibility index (Phi) is 5.20. The molecular weight excluding hydrogens is 362 g/mol. The van der Waals surface area contributed by atoms with Crippen LogP contribution in [0.15, 0.2) is 6.07 Å². The Hall–Kier alpha value is -1.41. The number of carbonyl (C=O) groups is 2. The number of amides is 1. The number of nitrogens with zero attached hydrogens (tertiary/aromatic N) is 1. The van der Waals surface area contributed by atoms with Crippen LogP contribution in [0.5, 0.6) is 0 Å². The van der Waals surface area contributed by atoms with E-state index in [-0.39, 0.29) is 30.1 Å². The summed E-state index contributed by atoms with van der Waals surface area (Å²) in [5.74, 6) is -0.130. The molecule has 0 spiro atoms. The number of aryl methyl sites for hydroxylation is 1. The molecule has 0 unspecified atom stereocenters. The van der Waals surface area contributed by atoms with Crippen molar-refractivity contribution in [2.24, 2.45) is 5.92 Å². The largest absolute Gasteiger partial charge is 0.451 e. The fraction of sp³-hybridized carbons (Fsp3) is 0.647. The maximum Gasteiger partial charge on any atom is 0.348 e. The van der Waals surface area contributed by atoms with E-state index in [1.54, 1.807) is 7.05 Å². The molecule has 0 radical (unpaired) electrons. The van der Waals surface area contributed by atoms with Crippen molar-refractivity contribution < 1.29 is 22.7 Å². The van der Waals surface area contributed by atoms with Crippen LogP contribution in [-0.4, -0.2) is 56.4 Å². The number of ether oxygens (including phenoxy) is 1. The summed E-state index contributed by atoms with van der Waals surface area (Å²) in [6.07, 6.45) is 3.55. The van der Waals surface area contributed by atoms with Crippen LogP contribution in [0.3, 0.4) is 0 Å². The highest BCUT2D eigenvalue weighted by Crippen LogP contribution is 2.32.